The molecule has 1 aliphatic heterocycles. The third kappa shape index (κ3) is 3.76. The van der Waals surface area contributed by atoms with Crippen molar-refractivity contribution >= 4 is 28.3 Å². The van der Waals surface area contributed by atoms with Crippen LogP contribution in [0.25, 0.3) is 16.6 Å². The number of pyridine rings is 1. The van der Waals surface area contributed by atoms with Crippen molar-refractivity contribution < 1.29 is 4.79 Å². The van der Waals surface area contributed by atoms with Crippen LogP contribution in [0.5, 0.6) is 0 Å². The molecule has 0 unspecified atom stereocenters. The second-order valence-electron chi connectivity index (χ2n) is 7.12. The molecule has 2 N–H and O–H groups in total. The van der Waals surface area contributed by atoms with Crippen molar-refractivity contribution in [2.75, 3.05) is 26.2 Å². The number of hydrogen-bond acceptors (Lipinski definition) is 4. The van der Waals surface area contributed by atoms with Crippen molar-refractivity contribution in [3.05, 3.63) is 59.5 Å². The Morgan fingerprint density at radius 1 is 1.19 bits per heavy atom. The molecule has 0 spiro atoms. The van der Waals surface area contributed by atoms with Crippen molar-refractivity contribution in [2.24, 2.45) is 5.73 Å². The number of carbonyl (C=O) groups excluding carboxylic acids is 1. The summed E-state index contributed by atoms with van der Waals surface area (Å²) in [6.07, 6.45) is 8.09. The summed E-state index contributed by atoms with van der Waals surface area (Å²) >= 11 is 6.05. The molecule has 6 heteroatoms. The molecule has 3 heterocycles. The summed E-state index contributed by atoms with van der Waals surface area (Å²) in [5.74, 6) is 0.589. The average Bonchev–Trinajstić information content (AvgIpc) is 3.09. The van der Waals surface area contributed by atoms with E-state index < -0.39 is 0 Å². The lowest BCUT2D eigenvalue weighted by Crippen LogP contribution is -2.38. The largest absolute Gasteiger partial charge is 0.324 e. The van der Waals surface area contributed by atoms with E-state index in [9.17, 15) is 4.79 Å². The Morgan fingerprint density at radius 2 is 1.93 bits per heavy atom. The Morgan fingerprint density at radius 3 is 2.63 bits per heavy atom. The van der Waals surface area contributed by atoms with Crippen LogP contribution in [0.2, 0.25) is 5.02 Å². The number of hydrogen-bond donors (Lipinski definition) is 1. The molecule has 0 atom stereocenters. The quantitative estimate of drug-likeness (QED) is 0.734. The normalized spacial score (nSPS) is 16.1. The fraction of sp³-hybridized carbons (Fsp3) is 0.333. The maximum atomic E-state index is 11.6. The molecule has 0 saturated carbocycles. The maximum absolute atomic E-state index is 11.6. The minimum Gasteiger partial charge on any atom is -0.324 e. The molecular weight excluding hydrogens is 360 g/mol. The first-order chi connectivity index (χ1) is 13.2. The lowest BCUT2D eigenvalue weighted by Gasteiger charge is -2.31. The van der Waals surface area contributed by atoms with Crippen LogP contribution in [0.3, 0.4) is 0 Å². The zero-order valence-electron chi connectivity index (χ0n) is 15.1. The molecule has 0 aliphatic carbocycles. The number of benzene rings is 1. The maximum Gasteiger partial charge on any atom is 0.160 e. The Bertz CT molecular complexity index is 942. The highest BCUT2D eigenvalue weighted by Gasteiger charge is 2.24. The van der Waals surface area contributed by atoms with Gasteiger partial charge >= 0.3 is 0 Å². The summed E-state index contributed by atoms with van der Waals surface area (Å²) in [5, 5.41) is 1.98. The lowest BCUT2D eigenvalue weighted by atomic mass is 9.89. The number of ketones is 1. The van der Waals surface area contributed by atoms with Gasteiger partial charge < -0.3 is 10.3 Å². The van der Waals surface area contributed by atoms with Gasteiger partial charge in [0.05, 0.1) is 24.8 Å². The predicted octanol–water partition coefficient (Wildman–Crippen LogP) is 3.39. The summed E-state index contributed by atoms with van der Waals surface area (Å²) in [6, 6.07) is 9.97. The zero-order valence-corrected chi connectivity index (χ0v) is 15.9. The molecule has 1 fully saturated rings. The highest BCUT2D eigenvalue weighted by Crippen LogP contribution is 2.35. The summed E-state index contributed by atoms with van der Waals surface area (Å²) in [5.41, 5.74) is 8.98. The molecule has 27 heavy (non-hydrogen) atoms. The molecule has 1 aromatic carbocycles. The highest BCUT2D eigenvalue weighted by molar-refractivity contribution is 6.30. The van der Waals surface area contributed by atoms with E-state index in [2.05, 4.69) is 26.7 Å². The van der Waals surface area contributed by atoms with E-state index in [0.29, 0.717) is 12.5 Å². The minimum atomic E-state index is 0.110. The minimum absolute atomic E-state index is 0.110. The van der Waals surface area contributed by atoms with Crippen molar-refractivity contribution in [1.82, 2.24) is 14.5 Å². The predicted molar refractivity (Wildman–Crippen MR) is 109 cm³/mol. The first-order valence-corrected chi connectivity index (χ1v) is 9.68. The number of nitrogens with zero attached hydrogens (tertiary/aromatic N) is 3. The van der Waals surface area contributed by atoms with Gasteiger partial charge in [-0.05, 0) is 67.7 Å². The number of rotatable bonds is 5. The standard InChI is InChI=1S/C21H23ClN4O/c22-16-1-3-17(4-2-16)26-14-20(19-5-8-24-12-21(19)26)15-6-9-25(10-7-15)13-18(27)11-23/h1-5,8,12,14-15H,6-7,9-11,13,23H2. The van der Waals surface area contributed by atoms with E-state index in [-0.39, 0.29) is 12.3 Å². The third-order valence-corrected chi connectivity index (χ3v) is 5.65. The number of fused-ring (bicyclic) bond motifs is 1. The second kappa shape index (κ2) is 7.80. The smallest absolute Gasteiger partial charge is 0.160 e. The van der Waals surface area contributed by atoms with Gasteiger partial charge in [-0.25, -0.2) is 0 Å². The van der Waals surface area contributed by atoms with Gasteiger partial charge in [-0.15, -0.1) is 0 Å². The van der Waals surface area contributed by atoms with Gasteiger partial charge in [0.25, 0.3) is 0 Å². The van der Waals surface area contributed by atoms with Crippen molar-refractivity contribution in [3.8, 4) is 5.69 Å². The molecule has 4 rings (SSSR count). The number of piperidine rings is 1. The number of carbonyl (C=O) groups is 1. The Labute approximate surface area is 163 Å². The van der Waals surface area contributed by atoms with E-state index in [1.807, 2.05) is 36.7 Å². The Kier molecular flexibility index (Phi) is 5.25. The summed E-state index contributed by atoms with van der Waals surface area (Å²) in [6.45, 7) is 2.45. The van der Waals surface area contributed by atoms with Crippen LogP contribution in [-0.2, 0) is 4.79 Å². The summed E-state index contributed by atoms with van der Waals surface area (Å²) in [7, 11) is 0. The van der Waals surface area contributed by atoms with Gasteiger partial charge in [-0.3, -0.25) is 14.7 Å². The Balaban J connectivity index is 1.62. The molecule has 1 saturated heterocycles. The third-order valence-electron chi connectivity index (χ3n) is 5.40. The number of halogens is 1. The van der Waals surface area contributed by atoms with Crippen LogP contribution in [0.15, 0.2) is 48.9 Å². The van der Waals surface area contributed by atoms with Gasteiger partial charge in [0.1, 0.15) is 0 Å². The number of aromatic nitrogens is 2. The number of nitrogens with two attached hydrogens (primary N) is 1. The molecule has 0 bridgehead atoms. The zero-order chi connectivity index (χ0) is 18.8. The van der Waals surface area contributed by atoms with Crippen molar-refractivity contribution in [2.45, 2.75) is 18.8 Å². The van der Waals surface area contributed by atoms with Gasteiger partial charge in [0, 0.05) is 28.5 Å². The molecule has 0 radical (unpaired) electrons. The van der Waals surface area contributed by atoms with Crippen LogP contribution in [-0.4, -0.2) is 46.4 Å². The topological polar surface area (TPSA) is 64.2 Å². The fourth-order valence-electron chi connectivity index (χ4n) is 3.96. The second-order valence-corrected chi connectivity index (χ2v) is 7.55. The van der Waals surface area contributed by atoms with Gasteiger partial charge in [-0.2, -0.15) is 0 Å². The summed E-state index contributed by atoms with van der Waals surface area (Å²) in [4.78, 5) is 18.1. The van der Waals surface area contributed by atoms with E-state index in [0.717, 1.165) is 42.2 Å². The van der Waals surface area contributed by atoms with Crippen LogP contribution in [0, 0.1) is 0 Å². The molecule has 140 valence electrons. The summed E-state index contributed by atoms with van der Waals surface area (Å²) < 4.78 is 2.19. The monoisotopic (exact) mass is 382 g/mol. The molecule has 0 amide bonds. The lowest BCUT2D eigenvalue weighted by molar-refractivity contribution is -0.119. The molecule has 5 nitrogen and oxygen atoms in total. The van der Waals surface area contributed by atoms with E-state index >= 15 is 0 Å². The Hall–Kier alpha value is -2.21. The number of likely N-dealkylation sites (tertiary alicyclic amines) is 1. The highest BCUT2D eigenvalue weighted by atomic mass is 35.5. The first-order valence-electron chi connectivity index (χ1n) is 9.30. The van der Waals surface area contributed by atoms with Crippen LogP contribution >= 0.6 is 11.6 Å². The van der Waals surface area contributed by atoms with E-state index in [1.165, 1.54) is 10.9 Å². The average molecular weight is 383 g/mol. The van der Waals surface area contributed by atoms with Gasteiger partial charge in [-0.1, -0.05) is 11.6 Å². The molecule has 2 aromatic heterocycles. The first kappa shape index (κ1) is 18.2. The van der Waals surface area contributed by atoms with E-state index in [1.54, 1.807) is 0 Å². The SMILES string of the molecule is NCC(=O)CN1CCC(c2cn(-c3ccc(Cl)cc3)c3cnccc23)CC1. The van der Waals surface area contributed by atoms with Gasteiger partial charge in [0.2, 0.25) is 0 Å². The molecule has 1 aliphatic rings. The van der Waals surface area contributed by atoms with Crippen LogP contribution in [0.4, 0.5) is 0 Å². The van der Waals surface area contributed by atoms with Crippen LogP contribution < -0.4 is 5.73 Å². The molecular formula is C21H23ClN4O. The fourth-order valence-corrected chi connectivity index (χ4v) is 4.08. The van der Waals surface area contributed by atoms with Gasteiger partial charge in [0.15, 0.2) is 5.78 Å². The molecule has 3 aromatic rings. The van der Waals surface area contributed by atoms with Crippen molar-refractivity contribution in [1.29, 1.82) is 0 Å². The van der Waals surface area contributed by atoms with E-state index in [4.69, 9.17) is 17.3 Å². The van der Waals surface area contributed by atoms with Crippen LogP contribution in [0.1, 0.15) is 24.3 Å². The van der Waals surface area contributed by atoms with Crippen molar-refractivity contribution in [3.63, 3.8) is 0 Å². The number of Topliss-reactive ketones (excluding diaryl/α,β-unsaturated/α-hetero) is 1.